The van der Waals surface area contributed by atoms with Gasteiger partial charge in [0.25, 0.3) is 5.78 Å². The molecule has 1 N–H and O–H groups in total. The highest BCUT2D eigenvalue weighted by Gasteiger charge is 2.48. The van der Waals surface area contributed by atoms with E-state index in [1.54, 1.807) is 60.7 Å². The first-order valence-corrected chi connectivity index (χ1v) is 16.2. The molecule has 1 aliphatic heterocycles. The van der Waals surface area contributed by atoms with E-state index in [4.69, 9.17) is 9.47 Å². The minimum absolute atomic E-state index is 0.0495. The van der Waals surface area contributed by atoms with Crippen molar-refractivity contribution < 1.29 is 28.6 Å². The molecule has 44 heavy (non-hydrogen) atoms. The van der Waals surface area contributed by atoms with Crippen molar-refractivity contribution in [1.82, 2.24) is 10.2 Å². The van der Waals surface area contributed by atoms with Crippen LogP contribution in [0, 0.1) is 5.82 Å². The lowest BCUT2D eigenvalue weighted by molar-refractivity contribution is -0.132. The number of benzene rings is 3. The van der Waals surface area contributed by atoms with Crippen molar-refractivity contribution in [2.75, 3.05) is 18.1 Å². The van der Waals surface area contributed by atoms with Gasteiger partial charge in [-0.05, 0) is 73.0 Å². The van der Waals surface area contributed by atoms with Gasteiger partial charge in [0, 0.05) is 11.3 Å². The molecule has 8 nitrogen and oxygen atoms in total. The molecule has 2 heterocycles. The zero-order valence-electron chi connectivity index (χ0n) is 24.4. The fourth-order valence-electron chi connectivity index (χ4n) is 4.75. The number of aliphatic hydroxyl groups excluding tert-OH is 1. The molecule has 1 fully saturated rings. The van der Waals surface area contributed by atoms with Crippen molar-refractivity contribution in [2.24, 2.45) is 0 Å². The first kappa shape index (κ1) is 31.2. The molecule has 0 spiro atoms. The second kappa shape index (κ2) is 14.5. The molecular formula is C33H32FN3O5S2. The van der Waals surface area contributed by atoms with Crippen LogP contribution in [0.2, 0.25) is 0 Å². The van der Waals surface area contributed by atoms with Gasteiger partial charge in [-0.3, -0.25) is 14.5 Å². The monoisotopic (exact) mass is 633 g/mol. The fraction of sp³-hybridized carbons (Fsp3) is 0.273. The Labute approximate surface area is 263 Å². The average Bonchev–Trinajstić information content (AvgIpc) is 3.61. The molecular weight excluding hydrogens is 602 g/mol. The third kappa shape index (κ3) is 7.11. The zero-order chi connectivity index (χ0) is 31.1. The second-order valence-corrected chi connectivity index (χ2v) is 12.2. The van der Waals surface area contributed by atoms with Gasteiger partial charge in [-0.25, -0.2) is 4.39 Å². The summed E-state index contributed by atoms with van der Waals surface area (Å²) in [6.07, 6.45) is 3.11. The van der Waals surface area contributed by atoms with E-state index < -0.39 is 17.7 Å². The number of carbonyl (C=O) groups is 2. The summed E-state index contributed by atoms with van der Waals surface area (Å²) in [5.74, 6) is -0.429. The Hall–Kier alpha value is -4.22. The summed E-state index contributed by atoms with van der Waals surface area (Å²) in [6.45, 7) is 5.08. The molecule has 1 atom stereocenters. The van der Waals surface area contributed by atoms with Crippen LogP contribution in [-0.2, 0) is 15.3 Å². The highest BCUT2D eigenvalue weighted by Crippen LogP contribution is 2.44. The van der Waals surface area contributed by atoms with Crippen LogP contribution >= 0.6 is 23.1 Å². The molecule has 0 radical (unpaired) electrons. The van der Waals surface area contributed by atoms with Crippen LogP contribution in [0.4, 0.5) is 9.52 Å². The van der Waals surface area contributed by atoms with E-state index in [1.165, 1.54) is 40.1 Å². The van der Waals surface area contributed by atoms with E-state index in [0.29, 0.717) is 45.9 Å². The summed E-state index contributed by atoms with van der Waals surface area (Å²) in [5, 5.41) is 20.2. The predicted molar refractivity (Wildman–Crippen MR) is 170 cm³/mol. The van der Waals surface area contributed by atoms with Crippen molar-refractivity contribution in [3.63, 3.8) is 0 Å². The summed E-state index contributed by atoms with van der Waals surface area (Å²) in [7, 11) is 0. The lowest BCUT2D eigenvalue weighted by Crippen LogP contribution is -2.29. The molecule has 4 aromatic rings. The van der Waals surface area contributed by atoms with Gasteiger partial charge in [0.2, 0.25) is 5.13 Å². The number of hydrogen-bond acceptors (Lipinski definition) is 9. The van der Waals surface area contributed by atoms with E-state index >= 15 is 0 Å². The topological polar surface area (TPSA) is 102 Å². The number of thioether (sulfide) groups is 1. The normalized spacial score (nSPS) is 16.0. The fourth-order valence-corrected chi connectivity index (χ4v) is 6.57. The minimum Gasteiger partial charge on any atom is -0.507 e. The quantitative estimate of drug-likeness (QED) is 0.0402. The number of rotatable bonds is 13. The minimum atomic E-state index is -0.946. The number of hydrogen-bond donors (Lipinski definition) is 1. The molecule has 228 valence electrons. The number of Topliss-reactive ketones (excluding diaryl/α,β-unsaturated/α-hetero) is 1. The number of anilines is 1. The van der Waals surface area contributed by atoms with E-state index in [9.17, 15) is 19.1 Å². The van der Waals surface area contributed by atoms with Crippen LogP contribution in [0.1, 0.15) is 55.8 Å². The van der Waals surface area contributed by atoms with Crippen LogP contribution in [0.25, 0.3) is 5.76 Å². The number of unbranched alkanes of at least 4 members (excludes halogenated alkanes) is 2. The van der Waals surface area contributed by atoms with Crippen LogP contribution in [0.15, 0.2) is 82.7 Å². The van der Waals surface area contributed by atoms with Crippen LogP contribution in [0.5, 0.6) is 11.5 Å². The van der Waals surface area contributed by atoms with E-state index in [2.05, 4.69) is 17.1 Å². The third-order valence-electron chi connectivity index (χ3n) is 6.97. The summed E-state index contributed by atoms with van der Waals surface area (Å²) >= 11 is 2.56. The lowest BCUT2D eigenvalue weighted by atomic mass is 9.95. The number of ketones is 1. The summed E-state index contributed by atoms with van der Waals surface area (Å²) in [6, 6.07) is 19.1. The summed E-state index contributed by atoms with van der Waals surface area (Å²) < 4.78 is 25.2. The van der Waals surface area contributed by atoms with Crippen molar-refractivity contribution in [2.45, 2.75) is 49.2 Å². The van der Waals surface area contributed by atoms with Gasteiger partial charge in [0.15, 0.2) is 4.34 Å². The van der Waals surface area contributed by atoms with Gasteiger partial charge in [-0.1, -0.05) is 67.1 Å². The SMILES string of the molecule is CCCCCOc1ccc(C2/C(=C(/O)c3ccc(OCC)cc3)C(=O)C(=O)N2c2nnc(SCc3ccc(F)cc3)s2)cc1. The first-order chi connectivity index (χ1) is 21.4. The van der Waals surface area contributed by atoms with Gasteiger partial charge in [0.05, 0.1) is 24.8 Å². The number of ether oxygens (including phenoxy) is 2. The summed E-state index contributed by atoms with van der Waals surface area (Å²) in [4.78, 5) is 28.4. The average molecular weight is 634 g/mol. The Morgan fingerprint density at radius 3 is 2.30 bits per heavy atom. The molecule has 1 aromatic heterocycles. The molecule has 5 rings (SSSR count). The number of halogens is 1. The molecule has 1 aliphatic rings. The van der Waals surface area contributed by atoms with Crippen LogP contribution in [-0.4, -0.2) is 40.2 Å². The zero-order valence-corrected chi connectivity index (χ0v) is 26.0. The smallest absolute Gasteiger partial charge is 0.301 e. The molecule has 11 heteroatoms. The van der Waals surface area contributed by atoms with Gasteiger partial charge < -0.3 is 14.6 Å². The Balaban J connectivity index is 1.48. The number of aromatic nitrogens is 2. The standard InChI is InChI=1S/C33H32FN3O5S2/c1-3-5-6-19-42-26-15-9-22(10-16-26)28-27(29(38)23-11-17-25(18-12-23)41-4-2)30(39)31(40)37(28)32-35-36-33(44-32)43-20-21-7-13-24(34)14-8-21/h7-18,28,38H,3-6,19-20H2,1-2H3/b29-27-. The molecule has 0 saturated carbocycles. The number of nitrogens with zero attached hydrogens (tertiary/aromatic N) is 3. The molecule has 0 aliphatic carbocycles. The van der Waals surface area contributed by atoms with Crippen LogP contribution < -0.4 is 14.4 Å². The second-order valence-electron chi connectivity index (χ2n) is 10.0. The third-order valence-corrected chi connectivity index (χ3v) is 9.10. The first-order valence-electron chi connectivity index (χ1n) is 14.4. The van der Waals surface area contributed by atoms with E-state index in [0.717, 1.165) is 24.8 Å². The maximum absolute atomic E-state index is 13.5. The molecule has 3 aromatic carbocycles. The predicted octanol–water partition coefficient (Wildman–Crippen LogP) is 7.56. The maximum atomic E-state index is 13.5. The number of amides is 1. The van der Waals surface area contributed by atoms with Crippen LogP contribution in [0.3, 0.4) is 0 Å². The molecule has 1 amide bonds. The Kier molecular flexibility index (Phi) is 10.3. The molecule has 0 bridgehead atoms. The Morgan fingerprint density at radius 2 is 1.61 bits per heavy atom. The lowest BCUT2D eigenvalue weighted by Gasteiger charge is -2.22. The Morgan fingerprint density at radius 1 is 0.932 bits per heavy atom. The maximum Gasteiger partial charge on any atom is 0.301 e. The Bertz CT molecular complexity index is 1620. The van der Waals surface area contributed by atoms with Crippen molar-refractivity contribution in [1.29, 1.82) is 0 Å². The number of aliphatic hydroxyl groups is 1. The van der Waals surface area contributed by atoms with Gasteiger partial charge >= 0.3 is 5.91 Å². The van der Waals surface area contributed by atoms with Gasteiger partial charge in [-0.2, -0.15) is 0 Å². The van der Waals surface area contributed by atoms with E-state index in [1.807, 2.05) is 6.92 Å². The molecule has 1 saturated heterocycles. The van der Waals surface area contributed by atoms with Crippen molar-refractivity contribution in [3.8, 4) is 11.5 Å². The number of carbonyl (C=O) groups excluding carboxylic acids is 2. The largest absolute Gasteiger partial charge is 0.507 e. The highest BCUT2D eigenvalue weighted by molar-refractivity contribution is 8.00. The molecule has 1 unspecified atom stereocenters. The highest BCUT2D eigenvalue weighted by atomic mass is 32.2. The van der Waals surface area contributed by atoms with Gasteiger partial charge in [0.1, 0.15) is 23.1 Å². The van der Waals surface area contributed by atoms with Gasteiger partial charge in [-0.15, -0.1) is 10.2 Å². The van der Waals surface area contributed by atoms with Crippen molar-refractivity contribution in [3.05, 3.63) is 101 Å². The van der Waals surface area contributed by atoms with E-state index in [-0.39, 0.29) is 22.3 Å². The van der Waals surface area contributed by atoms with Crippen molar-refractivity contribution >= 4 is 45.7 Å². The summed E-state index contributed by atoms with van der Waals surface area (Å²) in [5.41, 5.74) is 1.83.